The quantitative estimate of drug-likeness (QED) is 0.221. The number of carboxylic acids is 1. The van der Waals surface area contributed by atoms with Crippen LogP contribution in [0.2, 0.25) is 5.02 Å². The van der Waals surface area contributed by atoms with Crippen molar-refractivity contribution in [3.8, 4) is 0 Å². The van der Waals surface area contributed by atoms with E-state index in [4.69, 9.17) is 16.7 Å². The Morgan fingerprint density at radius 1 is 1.06 bits per heavy atom. The molecule has 3 aromatic carbocycles. The molecule has 0 spiro atoms. The van der Waals surface area contributed by atoms with Crippen LogP contribution in [0.4, 0.5) is 4.39 Å². The highest BCUT2D eigenvalue weighted by atomic mass is 35.5. The molecule has 0 aliphatic heterocycles. The third-order valence-corrected chi connectivity index (χ3v) is 7.36. The molecule has 1 aliphatic rings. The number of rotatable bonds is 6. The molecule has 1 fully saturated rings. The molecule has 1 N–H and O–H groups in total. The lowest BCUT2D eigenvalue weighted by Gasteiger charge is -2.32. The van der Waals surface area contributed by atoms with Gasteiger partial charge in [0.15, 0.2) is 0 Å². The molecule has 1 aliphatic carbocycles. The van der Waals surface area contributed by atoms with Crippen molar-refractivity contribution >= 4 is 56.3 Å². The van der Waals surface area contributed by atoms with E-state index in [0.29, 0.717) is 10.9 Å². The van der Waals surface area contributed by atoms with Gasteiger partial charge in [0.2, 0.25) is 0 Å². The number of nitrogens with zero attached hydrogens (tertiary/aromatic N) is 1. The number of hydrogen-bond acceptors (Lipinski definition) is 3. The molecule has 3 nitrogen and oxygen atoms in total. The van der Waals surface area contributed by atoms with E-state index in [1.165, 1.54) is 12.1 Å². The van der Waals surface area contributed by atoms with E-state index < -0.39 is 5.97 Å². The lowest BCUT2D eigenvalue weighted by molar-refractivity contribution is -0.131. The maximum Gasteiger partial charge on any atom is 0.328 e. The largest absolute Gasteiger partial charge is 0.478 e. The number of carbonyl (C=O) groups is 1. The van der Waals surface area contributed by atoms with Crippen molar-refractivity contribution in [3.63, 3.8) is 0 Å². The minimum absolute atomic E-state index is 0.315. The van der Waals surface area contributed by atoms with E-state index in [9.17, 15) is 9.18 Å². The molecule has 0 unspecified atom stereocenters. The highest BCUT2D eigenvalue weighted by Crippen LogP contribution is 2.47. The molecular formula is C28H21ClFNO2S. The van der Waals surface area contributed by atoms with Gasteiger partial charge in [-0.3, -0.25) is 0 Å². The molecule has 170 valence electrons. The second-order valence-electron chi connectivity index (χ2n) is 8.37. The predicted octanol–water partition coefficient (Wildman–Crippen LogP) is 7.95. The fourth-order valence-electron chi connectivity index (χ4n) is 4.38. The molecule has 0 radical (unpaired) electrons. The summed E-state index contributed by atoms with van der Waals surface area (Å²) in [7, 11) is 0. The monoisotopic (exact) mass is 489 g/mol. The second-order valence-corrected chi connectivity index (χ2v) is 9.66. The third-order valence-electron chi connectivity index (χ3n) is 6.24. The molecule has 34 heavy (non-hydrogen) atoms. The van der Waals surface area contributed by atoms with Crippen LogP contribution in [0.15, 0.2) is 72.3 Å². The number of thiazole rings is 1. The number of aromatic nitrogens is 1. The fourth-order valence-corrected chi connectivity index (χ4v) is 5.31. The summed E-state index contributed by atoms with van der Waals surface area (Å²) in [4.78, 5) is 15.4. The average molecular weight is 490 g/mol. The minimum Gasteiger partial charge on any atom is -0.478 e. The zero-order valence-electron chi connectivity index (χ0n) is 18.2. The van der Waals surface area contributed by atoms with Crippen LogP contribution in [-0.4, -0.2) is 16.1 Å². The zero-order chi connectivity index (χ0) is 23.7. The lowest BCUT2D eigenvalue weighted by Crippen LogP contribution is -2.15. The molecule has 1 aromatic heterocycles. The van der Waals surface area contributed by atoms with E-state index in [1.54, 1.807) is 23.5 Å². The molecule has 6 heteroatoms. The number of benzene rings is 3. The second kappa shape index (κ2) is 9.53. The van der Waals surface area contributed by atoms with Crippen molar-refractivity contribution in [1.29, 1.82) is 0 Å². The Morgan fingerprint density at radius 2 is 1.82 bits per heavy atom. The number of allylic oxidation sites excluding steroid dienone is 1. The predicted molar refractivity (Wildman–Crippen MR) is 137 cm³/mol. The Morgan fingerprint density at radius 3 is 2.50 bits per heavy atom. The highest BCUT2D eigenvalue weighted by molar-refractivity contribution is 7.16. The first kappa shape index (κ1) is 22.5. The average Bonchev–Trinajstić information content (AvgIpc) is 3.25. The van der Waals surface area contributed by atoms with E-state index in [2.05, 4.69) is 23.2 Å². The van der Waals surface area contributed by atoms with Gasteiger partial charge >= 0.3 is 5.97 Å². The van der Waals surface area contributed by atoms with Crippen LogP contribution in [0, 0.1) is 11.7 Å². The molecule has 1 saturated carbocycles. The summed E-state index contributed by atoms with van der Waals surface area (Å²) >= 11 is 8.19. The molecule has 0 bridgehead atoms. The Bertz CT molecular complexity index is 1430. The summed E-state index contributed by atoms with van der Waals surface area (Å²) in [6, 6.07) is 18.7. The molecule has 1 heterocycles. The third kappa shape index (κ3) is 4.54. The summed E-state index contributed by atoms with van der Waals surface area (Å²) in [5, 5.41) is 9.33. The van der Waals surface area contributed by atoms with E-state index in [-0.39, 0.29) is 5.82 Å². The number of aliphatic carboxylic acids is 1. The summed E-state index contributed by atoms with van der Waals surface area (Å²) in [6.45, 7) is 0. The maximum absolute atomic E-state index is 13.9. The van der Waals surface area contributed by atoms with Crippen LogP contribution < -0.4 is 0 Å². The molecule has 5 rings (SSSR count). The number of hydrogen-bond donors (Lipinski definition) is 1. The van der Waals surface area contributed by atoms with E-state index in [0.717, 1.165) is 69.0 Å². The molecule has 0 amide bonds. The first-order chi connectivity index (χ1) is 16.5. The van der Waals surface area contributed by atoms with Gasteiger partial charge in [0.1, 0.15) is 5.82 Å². The van der Waals surface area contributed by atoms with Gasteiger partial charge in [0.25, 0.3) is 0 Å². The molecule has 4 aromatic rings. The Hall–Kier alpha value is -3.28. The number of halogens is 2. The number of carboxylic acid groups (broad SMARTS) is 1. The Balaban J connectivity index is 1.75. The Labute approximate surface area is 205 Å². The zero-order valence-corrected chi connectivity index (χ0v) is 19.7. The minimum atomic E-state index is -0.987. The van der Waals surface area contributed by atoms with Crippen LogP contribution in [0.5, 0.6) is 0 Å². The first-order valence-corrected chi connectivity index (χ1v) is 12.3. The normalized spacial score (nSPS) is 14.9. The standard InChI is InChI=1S/C28H21ClFNO2S/c29-23-15-21(30)10-11-22(23)28(18-2-1-3-18)27(20-9-12-25-24(14-20)31-16-34-25)19-7-4-17(5-8-19)6-13-26(32)33/h4-16,18H,1-3H2,(H,32,33)/b13-6+,28-27+. The van der Waals surface area contributed by atoms with E-state index in [1.807, 2.05) is 29.8 Å². The van der Waals surface area contributed by atoms with Gasteiger partial charge in [0, 0.05) is 6.08 Å². The topological polar surface area (TPSA) is 50.2 Å². The van der Waals surface area contributed by atoms with Crippen molar-refractivity contribution in [1.82, 2.24) is 4.98 Å². The maximum atomic E-state index is 13.9. The smallest absolute Gasteiger partial charge is 0.328 e. The van der Waals surface area contributed by atoms with Crippen LogP contribution in [-0.2, 0) is 4.79 Å². The van der Waals surface area contributed by atoms with Crippen LogP contribution >= 0.6 is 22.9 Å². The van der Waals surface area contributed by atoms with Crippen molar-refractivity contribution in [2.45, 2.75) is 19.3 Å². The van der Waals surface area contributed by atoms with Gasteiger partial charge < -0.3 is 5.11 Å². The van der Waals surface area contributed by atoms with Crippen molar-refractivity contribution in [2.75, 3.05) is 0 Å². The van der Waals surface area contributed by atoms with Crippen LogP contribution in [0.25, 0.3) is 27.4 Å². The van der Waals surface area contributed by atoms with Gasteiger partial charge in [-0.2, -0.15) is 0 Å². The lowest BCUT2D eigenvalue weighted by atomic mass is 9.73. The summed E-state index contributed by atoms with van der Waals surface area (Å²) in [5.74, 6) is -1.03. The van der Waals surface area contributed by atoms with Gasteiger partial charge in [-0.05, 0) is 82.5 Å². The number of fused-ring (bicyclic) bond motifs is 1. The fraction of sp³-hybridized carbons (Fsp3) is 0.143. The van der Waals surface area contributed by atoms with Crippen molar-refractivity contribution < 1.29 is 14.3 Å². The van der Waals surface area contributed by atoms with Gasteiger partial charge in [0.05, 0.1) is 20.7 Å². The summed E-state index contributed by atoms with van der Waals surface area (Å²) in [5.41, 5.74) is 8.58. The van der Waals surface area contributed by atoms with Gasteiger partial charge in [-0.15, -0.1) is 11.3 Å². The SMILES string of the molecule is O=C(O)/C=C/c1ccc(/C(=C(\c2ccc(F)cc2Cl)C2CCC2)c2ccc3scnc3c2)cc1. The van der Waals surface area contributed by atoms with Crippen LogP contribution in [0.1, 0.15) is 41.5 Å². The first-order valence-electron chi connectivity index (χ1n) is 11.0. The van der Waals surface area contributed by atoms with E-state index >= 15 is 0 Å². The van der Waals surface area contributed by atoms with Crippen molar-refractivity contribution in [3.05, 3.63) is 105 Å². The van der Waals surface area contributed by atoms with Crippen molar-refractivity contribution in [2.24, 2.45) is 5.92 Å². The van der Waals surface area contributed by atoms with Crippen LogP contribution in [0.3, 0.4) is 0 Å². The molecule has 0 atom stereocenters. The molecular weight excluding hydrogens is 469 g/mol. The summed E-state index contributed by atoms with van der Waals surface area (Å²) in [6.07, 6.45) is 5.93. The molecule has 0 saturated heterocycles. The Kier molecular flexibility index (Phi) is 6.31. The van der Waals surface area contributed by atoms with Gasteiger partial charge in [-0.25, -0.2) is 14.2 Å². The summed E-state index contributed by atoms with van der Waals surface area (Å²) < 4.78 is 15.0. The highest BCUT2D eigenvalue weighted by Gasteiger charge is 2.28. The van der Waals surface area contributed by atoms with Gasteiger partial charge in [-0.1, -0.05) is 54.4 Å².